The number of rotatable bonds is 2. The second-order valence-electron chi connectivity index (χ2n) is 7.83. The van der Waals surface area contributed by atoms with Crippen molar-refractivity contribution >= 4 is 0 Å². The lowest BCUT2D eigenvalue weighted by Crippen LogP contribution is -2.62. The molecule has 3 saturated heterocycles. The van der Waals surface area contributed by atoms with Gasteiger partial charge in [0.2, 0.25) is 0 Å². The minimum Gasteiger partial charge on any atom is -0.316 e. The highest BCUT2D eigenvalue weighted by Gasteiger charge is 2.50. The quantitative estimate of drug-likeness (QED) is 0.815. The Morgan fingerprint density at radius 2 is 1.79 bits per heavy atom. The van der Waals surface area contributed by atoms with E-state index in [4.69, 9.17) is 0 Å². The molecule has 3 heteroatoms. The zero-order valence-corrected chi connectivity index (χ0v) is 12.5. The maximum Gasteiger partial charge on any atom is 0.0107 e. The molecular weight excluding hydrogens is 234 g/mol. The molecule has 108 valence electrons. The summed E-state index contributed by atoms with van der Waals surface area (Å²) in [5, 5.41) is 3.56. The van der Waals surface area contributed by atoms with Crippen molar-refractivity contribution in [3.63, 3.8) is 0 Å². The van der Waals surface area contributed by atoms with Crippen molar-refractivity contribution in [3.05, 3.63) is 0 Å². The molecule has 0 aromatic heterocycles. The fourth-order valence-corrected chi connectivity index (χ4v) is 5.15. The van der Waals surface area contributed by atoms with Gasteiger partial charge in [0.05, 0.1) is 0 Å². The molecule has 3 aliphatic heterocycles. The summed E-state index contributed by atoms with van der Waals surface area (Å²) < 4.78 is 0. The molecule has 19 heavy (non-hydrogen) atoms. The molecule has 0 unspecified atom stereocenters. The van der Waals surface area contributed by atoms with E-state index in [9.17, 15) is 0 Å². The van der Waals surface area contributed by atoms with Crippen LogP contribution in [0.25, 0.3) is 0 Å². The number of likely N-dealkylation sites (tertiary alicyclic amines) is 2. The van der Waals surface area contributed by atoms with Crippen LogP contribution in [0.2, 0.25) is 0 Å². The Bertz CT molecular complexity index is 324. The molecule has 0 aromatic carbocycles. The third kappa shape index (κ3) is 2.05. The van der Waals surface area contributed by atoms with Crippen LogP contribution in [-0.2, 0) is 0 Å². The molecule has 1 saturated carbocycles. The fourth-order valence-electron chi connectivity index (χ4n) is 5.15. The van der Waals surface area contributed by atoms with Crippen LogP contribution in [0.15, 0.2) is 0 Å². The Hall–Kier alpha value is -0.120. The molecule has 4 aliphatic rings. The minimum atomic E-state index is 0.718. The number of nitrogens with zero attached hydrogens (tertiary/aromatic N) is 2. The Morgan fingerprint density at radius 3 is 2.37 bits per heavy atom. The molecule has 0 radical (unpaired) electrons. The molecule has 4 fully saturated rings. The van der Waals surface area contributed by atoms with Crippen molar-refractivity contribution < 1.29 is 0 Å². The van der Waals surface area contributed by atoms with Crippen molar-refractivity contribution in [2.45, 2.75) is 45.1 Å². The van der Waals surface area contributed by atoms with Crippen LogP contribution in [0.1, 0.15) is 39.0 Å². The highest BCUT2D eigenvalue weighted by Crippen LogP contribution is 2.49. The standard InChI is InChI=1S/C16H29N3/c1-2-18-12-15(13-18)4-7-19(8-5-15)14-9-16(10-14)3-6-17-11-16/h14,17H,2-13H2,1H3. The largest absolute Gasteiger partial charge is 0.316 e. The Labute approximate surface area is 117 Å². The molecular formula is C16H29N3. The van der Waals surface area contributed by atoms with Crippen LogP contribution >= 0.6 is 0 Å². The first-order valence-corrected chi connectivity index (χ1v) is 8.40. The van der Waals surface area contributed by atoms with Gasteiger partial charge in [0.15, 0.2) is 0 Å². The lowest BCUT2D eigenvalue weighted by Gasteiger charge is -2.57. The molecule has 0 aromatic rings. The first-order valence-electron chi connectivity index (χ1n) is 8.40. The molecule has 1 N–H and O–H groups in total. The summed E-state index contributed by atoms with van der Waals surface area (Å²) in [5.74, 6) is 0. The van der Waals surface area contributed by atoms with Gasteiger partial charge in [-0.25, -0.2) is 0 Å². The van der Waals surface area contributed by atoms with Crippen LogP contribution < -0.4 is 5.32 Å². The molecule has 2 spiro atoms. The summed E-state index contributed by atoms with van der Waals surface area (Å²) in [5.41, 5.74) is 1.44. The molecule has 1 aliphatic carbocycles. The van der Waals surface area contributed by atoms with E-state index in [1.165, 1.54) is 77.9 Å². The third-order valence-electron chi connectivity index (χ3n) is 6.61. The summed E-state index contributed by atoms with van der Waals surface area (Å²) in [6, 6.07) is 0.930. The summed E-state index contributed by atoms with van der Waals surface area (Å²) in [7, 11) is 0. The molecule has 4 rings (SSSR count). The van der Waals surface area contributed by atoms with Crippen LogP contribution in [0.4, 0.5) is 0 Å². The number of nitrogens with one attached hydrogen (secondary N) is 1. The van der Waals surface area contributed by atoms with Gasteiger partial charge in [0.1, 0.15) is 0 Å². The van der Waals surface area contributed by atoms with E-state index in [1.54, 1.807) is 0 Å². The lowest BCUT2D eigenvalue weighted by atomic mass is 9.63. The van der Waals surface area contributed by atoms with Gasteiger partial charge < -0.3 is 15.1 Å². The Kier molecular flexibility index (Phi) is 2.95. The summed E-state index contributed by atoms with van der Waals surface area (Å²) >= 11 is 0. The van der Waals surface area contributed by atoms with Gasteiger partial charge in [-0.2, -0.15) is 0 Å². The number of piperidine rings is 1. The normalized spacial score (nSPS) is 42.5. The summed E-state index contributed by atoms with van der Waals surface area (Å²) in [6.07, 6.45) is 7.32. The first-order chi connectivity index (χ1) is 9.23. The third-order valence-corrected chi connectivity index (χ3v) is 6.61. The smallest absolute Gasteiger partial charge is 0.0107 e. The maximum absolute atomic E-state index is 3.56. The average molecular weight is 263 g/mol. The molecule has 0 amide bonds. The van der Waals surface area contributed by atoms with E-state index in [2.05, 4.69) is 22.0 Å². The zero-order chi connectivity index (χ0) is 12.9. The van der Waals surface area contributed by atoms with Crippen LogP contribution in [0, 0.1) is 10.8 Å². The number of hydrogen-bond donors (Lipinski definition) is 1. The predicted octanol–water partition coefficient (Wildman–Crippen LogP) is 1.55. The Morgan fingerprint density at radius 1 is 1.05 bits per heavy atom. The summed E-state index contributed by atoms with van der Waals surface area (Å²) in [4.78, 5) is 5.43. The van der Waals surface area contributed by atoms with Crippen LogP contribution in [0.5, 0.6) is 0 Å². The van der Waals surface area contributed by atoms with Crippen molar-refractivity contribution in [1.29, 1.82) is 0 Å². The van der Waals surface area contributed by atoms with Crippen molar-refractivity contribution in [2.75, 3.05) is 45.8 Å². The van der Waals surface area contributed by atoms with Gasteiger partial charge in [-0.3, -0.25) is 0 Å². The second-order valence-corrected chi connectivity index (χ2v) is 7.83. The number of hydrogen-bond acceptors (Lipinski definition) is 3. The molecule has 0 bridgehead atoms. The zero-order valence-electron chi connectivity index (χ0n) is 12.5. The van der Waals surface area contributed by atoms with Crippen molar-refractivity contribution in [1.82, 2.24) is 15.1 Å². The van der Waals surface area contributed by atoms with Gasteiger partial charge in [-0.15, -0.1) is 0 Å². The minimum absolute atomic E-state index is 0.718. The SMILES string of the molecule is CCN1CC2(CCN(C3CC4(CCNC4)C3)CC2)C1. The first kappa shape index (κ1) is 12.6. The van der Waals surface area contributed by atoms with Crippen molar-refractivity contribution in [2.24, 2.45) is 10.8 Å². The molecule has 3 heterocycles. The van der Waals surface area contributed by atoms with E-state index >= 15 is 0 Å². The van der Waals surface area contributed by atoms with E-state index in [1.807, 2.05) is 0 Å². The van der Waals surface area contributed by atoms with Gasteiger partial charge in [0.25, 0.3) is 0 Å². The van der Waals surface area contributed by atoms with E-state index in [0.717, 1.165) is 16.9 Å². The molecule has 0 atom stereocenters. The second kappa shape index (κ2) is 4.44. The van der Waals surface area contributed by atoms with E-state index in [-0.39, 0.29) is 0 Å². The average Bonchev–Trinajstić information content (AvgIpc) is 2.84. The molecule has 3 nitrogen and oxygen atoms in total. The fraction of sp³-hybridized carbons (Fsp3) is 1.00. The van der Waals surface area contributed by atoms with Crippen molar-refractivity contribution in [3.8, 4) is 0 Å². The van der Waals surface area contributed by atoms with Crippen LogP contribution in [-0.4, -0.2) is 61.7 Å². The highest BCUT2D eigenvalue weighted by atomic mass is 15.2. The van der Waals surface area contributed by atoms with Gasteiger partial charge in [-0.1, -0.05) is 6.92 Å². The van der Waals surface area contributed by atoms with Gasteiger partial charge >= 0.3 is 0 Å². The monoisotopic (exact) mass is 263 g/mol. The maximum atomic E-state index is 3.56. The predicted molar refractivity (Wildman–Crippen MR) is 78.3 cm³/mol. The topological polar surface area (TPSA) is 18.5 Å². The summed E-state index contributed by atoms with van der Waals surface area (Å²) in [6.45, 7) is 11.6. The highest BCUT2D eigenvalue weighted by molar-refractivity contribution is 5.05. The van der Waals surface area contributed by atoms with E-state index in [0.29, 0.717) is 0 Å². The van der Waals surface area contributed by atoms with Crippen LogP contribution in [0.3, 0.4) is 0 Å². The Balaban J connectivity index is 1.26. The van der Waals surface area contributed by atoms with Gasteiger partial charge in [0, 0.05) is 25.7 Å². The van der Waals surface area contributed by atoms with Gasteiger partial charge in [-0.05, 0) is 69.1 Å². The lowest BCUT2D eigenvalue weighted by molar-refractivity contribution is -0.0744. The van der Waals surface area contributed by atoms with E-state index < -0.39 is 0 Å².